The lowest BCUT2D eigenvalue weighted by atomic mass is 9.85. The molecule has 3 atom stereocenters. The largest absolute Gasteiger partial charge is 0.356 e. The second-order valence-electron chi connectivity index (χ2n) is 11.2. The van der Waals surface area contributed by atoms with E-state index in [1.54, 1.807) is 23.1 Å². The van der Waals surface area contributed by atoms with E-state index in [2.05, 4.69) is 65.9 Å². The number of carbonyl (C=O) groups is 1. The molecule has 202 valence electrons. The molecule has 1 saturated heterocycles. The van der Waals surface area contributed by atoms with E-state index in [0.29, 0.717) is 5.92 Å². The minimum Gasteiger partial charge on any atom is -0.356 e. The van der Waals surface area contributed by atoms with Crippen LogP contribution in [0, 0.1) is 31.1 Å². The number of rotatable bonds is 5. The number of carbonyl (C=O) groups excluding carboxylic acids is 1. The highest BCUT2D eigenvalue weighted by atomic mass is 32.2. The summed E-state index contributed by atoms with van der Waals surface area (Å²) in [6, 6.07) is 15.1. The fourth-order valence-corrected chi connectivity index (χ4v) is 9.23. The first-order valence-corrected chi connectivity index (χ1v) is 15.9. The maximum atomic E-state index is 14.0. The summed E-state index contributed by atoms with van der Waals surface area (Å²) in [6.07, 6.45) is 11.2. The van der Waals surface area contributed by atoms with Gasteiger partial charge in [-0.3, -0.25) is 4.79 Å². The number of amides is 1. The summed E-state index contributed by atoms with van der Waals surface area (Å²) in [6.45, 7) is 6.52. The Labute approximate surface area is 239 Å². The molecule has 2 aromatic heterocycles. The van der Waals surface area contributed by atoms with E-state index in [1.165, 1.54) is 36.1 Å². The maximum absolute atomic E-state index is 14.0. The van der Waals surface area contributed by atoms with Crippen LogP contribution in [0.15, 0.2) is 41.3 Å². The predicted molar refractivity (Wildman–Crippen MR) is 162 cm³/mol. The van der Waals surface area contributed by atoms with Crippen LogP contribution in [0.4, 0.5) is 5.69 Å². The Kier molecular flexibility index (Phi) is 7.35. The summed E-state index contributed by atoms with van der Waals surface area (Å²) in [5.74, 6) is 0.614. The van der Waals surface area contributed by atoms with Crippen molar-refractivity contribution in [3.05, 3.63) is 74.3 Å². The number of nitrogens with one attached hydrogen (secondary N) is 1. The van der Waals surface area contributed by atoms with Crippen LogP contribution in [0.5, 0.6) is 0 Å². The van der Waals surface area contributed by atoms with Gasteiger partial charge in [0.05, 0.1) is 10.5 Å². The standard InChI is InChI=1S/C32H36N4OS2/c1-20-11-7-9-15-27(20)36-30(37)29(39-32(36)34-24-12-5-4-6-13-24)18-23-17-21(2)35(22(23)3)31-26(19-33)25-14-8-10-16-28(25)38-31/h4-6,12-13,17-18,20,27,32,34H,7-11,14-16H2,1-3H3/b29-18-/t20-,27-,32?/m1/s1. The van der Waals surface area contributed by atoms with Crippen LogP contribution in [0.1, 0.15) is 78.4 Å². The molecule has 1 saturated carbocycles. The molecule has 2 fully saturated rings. The SMILES string of the molecule is Cc1cc(/C=C2\SC(Nc3ccccc3)N([C@@H]3CCCC[C@H]3C)C2=O)c(C)n1-c1sc2c(c1C#N)CCCC2. The van der Waals surface area contributed by atoms with Crippen molar-refractivity contribution in [3.8, 4) is 11.1 Å². The molecule has 5 nitrogen and oxygen atoms in total. The number of anilines is 1. The third kappa shape index (κ3) is 4.83. The summed E-state index contributed by atoms with van der Waals surface area (Å²) >= 11 is 3.40. The number of aromatic nitrogens is 1. The van der Waals surface area contributed by atoms with Crippen molar-refractivity contribution in [2.24, 2.45) is 5.92 Å². The first kappa shape index (κ1) is 26.3. The van der Waals surface area contributed by atoms with Gasteiger partial charge >= 0.3 is 0 Å². The van der Waals surface area contributed by atoms with Crippen LogP contribution in [-0.2, 0) is 17.6 Å². The lowest BCUT2D eigenvalue weighted by Crippen LogP contribution is -2.48. The van der Waals surface area contributed by atoms with Gasteiger partial charge in [0.2, 0.25) is 0 Å². The van der Waals surface area contributed by atoms with Crippen LogP contribution in [0.25, 0.3) is 11.1 Å². The molecule has 3 aliphatic rings. The van der Waals surface area contributed by atoms with Crippen LogP contribution in [0.3, 0.4) is 0 Å². The van der Waals surface area contributed by atoms with Gasteiger partial charge in [0.25, 0.3) is 5.91 Å². The molecule has 1 N–H and O–H groups in total. The molecule has 0 bridgehead atoms. The van der Waals surface area contributed by atoms with Crippen molar-refractivity contribution in [1.29, 1.82) is 5.26 Å². The van der Waals surface area contributed by atoms with Crippen molar-refractivity contribution >= 4 is 40.8 Å². The number of aryl methyl sites for hydroxylation is 2. The Balaban J connectivity index is 1.36. The number of hydrogen-bond donors (Lipinski definition) is 1. The normalized spacial score (nSPS) is 24.2. The molecular weight excluding hydrogens is 521 g/mol. The average Bonchev–Trinajstić information content (AvgIpc) is 3.55. The van der Waals surface area contributed by atoms with Gasteiger partial charge in [0, 0.05) is 28.0 Å². The molecule has 2 aliphatic carbocycles. The van der Waals surface area contributed by atoms with Crippen molar-refractivity contribution in [3.63, 3.8) is 0 Å². The van der Waals surface area contributed by atoms with E-state index in [9.17, 15) is 10.1 Å². The molecule has 1 unspecified atom stereocenters. The zero-order chi connectivity index (χ0) is 27.1. The van der Waals surface area contributed by atoms with Crippen molar-refractivity contribution in [1.82, 2.24) is 9.47 Å². The molecule has 6 rings (SSSR count). The van der Waals surface area contributed by atoms with Gasteiger partial charge in [-0.15, -0.1) is 11.3 Å². The van der Waals surface area contributed by atoms with E-state index in [1.807, 2.05) is 18.2 Å². The van der Waals surface area contributed by atoms with Crippen molar-refractivity contribution in [2.45, 2.75) is 83.7 Å². The van der Waals surface area contributed by atoms with Gasteiger partial charge < -0.3 is 14.8 Å². The molecule has 1 amide bonds. The third-order valence-electron chi connectivity index (χ3n) is 8.65. The monoisotopic (exact) mass is 556 g/mol. The van der Waals surface area contributed by atoms with Gasteiger partial charge in [-0.05, 0) is 93.7 Å². The number of nitrogens with zero attached hydrogens (tertiary/aromatic N) is 3. The molecule has 1 aromatic carbocycles. The number of para-hydroxylation sites is 1. The second kappa shape index (κ2) is 10.9. The van der Waals surface area contributed by atoms with Crippen molar-refractivity contribution < 1.29 is 4.79 Å². The van der Waals surface area contributed by atoms with Crippen LogP contribution < -0.4 is 5.32 Å². The van der Waals surface area contributed by atoms with Crippen LogP contribution in [-0.4, -0.2) is 26.9 Å². The van der Waals surface area contributed by atoms with E-state index in [4.69, 9.17) is 0 Å². The molecule has 39 heavy (non-hydrogen) atoms. The van der Waals surface area contributed by atoms with E-state index >= 15 is 0 Å². The average molecular weight is 557 g/mol. The zero-order valence-electron chi connectivity index (χ0n) is 23.0. The van der Waals surface area contributed by atoms with E-state index in [-0.39, 0.29) is 17.4 Å². The predicted octanol–water partition coefficient (Wildman–Crippen LogP) is 7.80. The Morgan fingerprint density at radius 1 is 1.08 bits per heavy atom. The van der Waals surface area contributed by atoms with Gasteiger partial charge in [-0.1, -0.05) is 49.7 Å². The molecule has 3 aromatic rings. The van der Waals surface area contributed by atoms with Crippen LogP contribution in [0.2, 0.25) is 0 Å². The number of nitriles is 1. The third-order valence-corrected chi connectivity index (χ3v) is 11.0. The van der Waals surface area contributed by atoms with E-state index < -0.39 is 0 Å². The summed E-state index contributed by atoms with van der Waals surface area (Å²) < 4.78 is 2.23. The van der Waals surface area contributed by atoms with Gasteiger partial charge in [0.15, 0.2) is 5.50 Å². The highest BCUT2D eigenvalue weighted by Gasteiger charge is 2.43. The van der Waals surface area contributed by atoms with E-state index in [0.717, 1.165) is 63.8 Å². The molecule has 1 aliphatic heterocycles. The molecule has 0 spiro atoms. The minimum atomic E-state index is -0.130. The highest BCUT2D eigenvalue weighted by Crippen LogP contribution is 2.43. The summed E-state index contributed by atoms with van der Waals surface area (Å²) in [4.78, 5) is 18.3. The highest BCUT2D eigenvalue weighted by molar-refractivity contribution is 8.05. The topological polar surface area (TPSA) is 61.1 Å². The number of thiophene rings is 1. The molecule has 3 heterocycles. The quantitative estimate of drug-likeness (QED) is 0.326. The van der Waals surface area contributed by atoms with Crippen molar-refractivity contribution in [2.75, 3.05) is 5.32 Å². The van der Waals surface area contributed by atoms with Gasteiger partial charge in [0.1, 0.15) is 11.1 Å². The summed E-state index contributed by atoms with van der Waals surface area (Å²) in [5, 5.41) is 14.8. The molecular formula is C32H36N4OS2. The summed E-state index contributed by atoms with van der Waals surface area (Å²) in [5.41, 5.74) is 6.23. The Hall–Kier alpha value is -2.95. The minimum absolute atomic E-state index is 0.126. The fourth-order valence-electron chi connectivity index (χ4n) is 6.58. The molecule has 7 heteroatoms. The number of hydrogen-bond acceptors (Lipinski definition) is 5. The first-order chi connectivity index (χ1) is 19.0. The Bertz CT molecular complexity index is 1460. The number of thioether (sulfide) groups is 1. The second-order valence-corrected chi connectivity index (χ2v) is 13.4. The zero-order valence-corrected chi connectivity index (χ0v) is 24.6. The van der Waals surface area contributed by atoms with Gasteiger partial charge in [-0.25, -0.2) is 0 Å². The summed E-state index contributed by atoms with van der Waals surface area (Å²) in [7, 11) is 0. The number of fused-ring (bicyclic) bond motifs is 1. The van der Waals surface area contributed by atoms with Crippen LogP contribution >= 0.6 is 23.1 Å². The fraction of sp³-hybridized carbons (Fsp3) is 0.438. The number of benzene rings is 1. The molecule has 0 radical (unpaired) electrons. The van der Waals surface area contributed by atoms with Gasteiger partial charge in [-0.2, -0.15) is 5.26 Å². The maximum Gasteiger partial charge on any atom is 0.262 e. The Morgan fingerprint density at radius 2 is 1.85 bits per heavy atom. The lowest BCUT2D eigenvalue weighted by Gasteiger charge is -2.39. The lowest BCUT2D eigenvalue weighted by molar-refractivity contribution is -0.129. The Morgan fingerprint density at radius 3 is 2.62 bits per heavy atom. The smallest absolute Gasteiger partial charge is 0.262 e. The first-order valence-electron chi connectivity index (χ1n) is 14.2.